The monoisotopic (exact) mass is 249 g/mol. The third kappa shape index (κ3) is 4.01. The van der Waals surface area contributed by atoms with E-state index in [4.69, 9.17) is 10.2 Å². The molecule has 1 aromatic rings. The molecule has 5 heteroatoms. The van der Waals surface area contributed by atoms with Crippen molar-refractivity contribution in [2.24, 2.45) is 4.99 Å². The van der Waals surface area contributed by atoms with Gasteiger partial charge in [-0.2, -0.15) is 0 Å². The number of hydrogen-bond donors (Lipinski definition) is 2. The minimum Gasteiger partial charge on any atom is -0.481 e. The number of rotatable bonds is 6. The van der Waals surface area contributed by atoms with Crippen LogP contribution in [0, 0.1) is 0 Å². The molecule has 0 aliphatic heterocycles. The van der Waals surface area contributed by atoms with Crippen LogP contribution >= 0.6 is 0 Å². The van der Waals surface area contributed by atoms with Crippen LogP contribution < -0.4 is 0 Å². The molecule has 0 spiro atoms. The zero-order chi connectivity index (χ0) is 13.5. The molecule has 1 rings (SSSR count). The molecule has 0 aromatic heterocycles. The summed E-state index contributed by atoms with van der Waals surface area (Å²) in [6.45, 7) is 1.95. The Labute approximate surface area is 105 Å². The standard InChI is InChI=1S/C13H15NO4/c1-2-9-5-3-4-6-10(9)14-11(13(17)18)7-8-12(15)16/h3-6H,2,7-8H2,1H3,(H,15,16)(H,17,18). The largest absolute Gasteiger partial charge is 0.481 e. The summed E-state index contributed by atoms with van der Waals surface area (Å²) in [4.78, 5) is 25.5. The number of aryl methyl sites for hydroxylation is 1. The second kappa shape index (κ2) is 6.54. The summed E-state index contributed by atoms with van der Waals surface area (Å²) in [7, 11) is 0. The van der Waals surface area contributed by atoms with Gasteiger partial charge in [0.25, 0.3) is 0 Å². The molecule has 2 N–H and O–H groups in total. The van der Waals surface area contributed by atoms with E-state index in [1.54, 1.807) is 12.1 Å². The van der Waals surface area contributed by atoms with Crippen molar-refractivity contribution in [2.75, 3.05) is 0 Å². The lowest BCUT2D eigenvalue weighted by Gasteiger charge is -2.04. The van der Waals surface area contributed by atoms with Gasteiger partial charge < -0.3 is 10.2 Å². The van der Waals surface area contributed by atoms with E-state index in [0.717, 1.165) is 12.0 Å². The molecule has 0 radical (unpaired) electrons. The Hall–Kier alpha value is -2.17. The Bertz CT molecular complexity index is 480. The smallest absolute Gasteiger partial charge is 0.350 e. The molecule has 5 nitrogen and oxygen atoms in total. The van der Waals surface area contributed by atoms with Gasteiger partial charge in [-0.25, -0.2) is 9.79 Å². The highest BCUT2D eigenvalue weighted by Gasteiger charge is 2.12. The van der Waals surface area contributed by atoms with Crippen LogP contribution in [0.5, 0.6) is 0 Å². The fourth-order valence-electron chi connectivity index (χ4n) is 1.50. The van der Waals surface area contributed by atoms with Gasteiger partial charge in [0, 0.05) is 6.42 Å². The molecular weight excluding hydrogens is 234 g/mol. The first-order valence-corrected chi connectivity index (χ1v) is 5.65. The summed E-state index contributed by atoms with van der Waals surface area (Å²) < 4.78 is 0. The predicted octanol–water partition coefficient (Wildman–Crippen LogP) is 2.27. The van der Waals surface area contributed by atoms with E-state index in [0.29, 0.717) is 5.69 Å². The molecular formula is C13H15NO4. The fourth-order valence-corrected chi connectivity index (χ4v) is 1.50. The normalized spacial score (nSPS) is 11.3. The first-order chi connectivity index (χ1) is 8.54. The number of carbonyl (C=O) groups is 2. The Morgan fingerprint density at radius 2 is 1.83 bits per heavy atom. The number of aliphatic imine (C=N–C) groups is 1. The molecule has 1 aromatic carbocycles. The summed E-state index contributed by atoms with van der Waals surface area (Å²) in [6, 6.07) is 7.22. The fraction of sp³-hybridized carbons (Fsp3) is 0.308. The Morgan fingerprint density at radius 3 is 2.39 bits per heavy atom. The first-order valence-electron chi connectivity index (χ1n) is 5.65. The number of para-hydroxylation sites is 1. The lowest BCUT2D eigenvalue weighted by atomic mass is 10.1. The van der Waals surface area contributed by atoms with E-state index in [-0.39, 0.29) is 18.6 Å². The van der Waals surface area contributed by atoms with Gasteiger partial charge >= 0.3 is 11.9 Å². The molecule has 0 bridgehead atoms. The van der Waals surface area contributed by atoms with E-state index < -0.39 is 11.9 Å². The highest BCUT2D eigenvalue weighted by atomic mass is 16.4. The lowest BCUT2D eigenvalue weighted by molar-refractivity contribution is -0.136. The van der Waals surface area contributed by atoms with Gasteiger partial charge in [-0.1, -0.05) is 25.1 Å². The lowest BCUT2D eigenvalue weighted by Crippen LogP contribution is -2.14. The minimum absolute atomic E-state index is 0.0806. The topological polar surface area (TPSA) is 87.0 Å². The van der Waals surface area contributed by atoms with E-state index in [2.05, 4.69) is 4.99 Å². The van der Waals surface area contributed by atoms with Gasteiger partial charge in [0.15, 0.2) is 0 Å². The van der Waals surface area contributed by atoms with Gasteiger partial charge in [-0.3, -0.25) is 4.79 Å². The minimum atomic E-state index is -1.18. The van der Waals surface area contributed by atoms with Crippen LogP contribution in [0.25, 0.3) is 0 Å². The van der Waals surface area contributed by atoms with Crippen LogP contribution in [0.3, 0.4) is 0 Å². The summed E-state index contributed by atoms with van der Waals surface area (Å²) >= 11 is 0. The number of benzene rings is 1. The highest BCUT2D eigenvalue weighted by molar-refractivity contribution is 6.36. The molecule has 0 aliphatic carbocycles. The third-order valence-electron chi connectivity index (χ3n) is 2.45. The summed E-state index contributed by atoms with van der Waals surface area (Å²) in [6.07, 6.45) is 0.424. The van der Waals surface area contributed by atoms with Gasteiger partial charge in [0.05, 0.1) is 12.1 Å². The maximum atomic E-state index is 11.0. The zero-order valence-electron chi connectivity index (χ0n) is 10.1. The van der Waals surface area contributed by atoms with Crippen LogP contribution in [0.15, 0.2) is 29.3 Å². The van der Waals surface area contributed by atoms with Crippen molar-refractivity contribution in [1.82, 2.24) is 0 Å². The van der Waals surface area contributed by atoms with Crippen molar-refractivity contribution in [2.45, 2.75) is 26.2 Å². The first kappa shape index (κ1) is 13.9. The second-order valence-corrected chi connectivity index (χ2v) is 3.74. The average Bonchev–Trinajstić information content (AvgIpc) is 2.34. The van der Waals surface area contributed by atoms with Crippen molar-refractivity contribution in [1.29, 1.82) is 0 Å². The van der Waals surface area contributed by atoms with Crippen molar-refractivity contribution >= 4 is 23.3 Å². The van der Waals surface area contributed by atoms with Crippen molar-refractivity contribution in [3.8, 4) is 0 Å². The summed E-state index contributed by atoms with van der Waals surface area (Å²) in [5.41, 5.74) is 1.40. The van der Waals surface area contributed by atoms with Gasteiger partial charge in [-0.15, -0.1) is 0 Å². The third-order valence-corrected chi connectivity index (χ3v) is 2.45. The number of carboxylic acids is 2. The summed E-state index contributed by atoms with van der Waals surface area (Å²) in [5, 5.41) is 17.6. The molecule has 0 amide bonds. The summed E-state index contributed by atoms with van der Waals surface area (Å²) in [5.74, 6) is -2.21. The van der Waals surface area contributed by atoms with Gasteiger partial charge in [0.2, 0.25) is 0 Å². The average molecular weight is 249 g/mol. The molecule has 0 saturated carbocycles. The Kier molecular flexibility index (Phi) is 5.05. The van der Waals surface area contributed by atoms with Crippen LogP contribution in [0.4, 0.5) is 5.69 Å². The SMILES string of the molecule is CCc1ccccc1N=C(CCC(=O)O)C(=O)O. The molecule has 0 unspecified atom stereocenters. The van der Waals surface area contributed by atoms with Crippen molar-refractivity contribution < 1.29 is 19.8 Å². The van der Waals surface area contributed by atoms with Crippen LogP contribution in [-0.2, 0) is 16.0 Å². The highest BCUT2D eigenvalue weighted by Crippen LogP contribution is 2.20. The molecule has 96 valence electrons. The van der Waals surface area contributed by atoms with Crippen LogP contribution in [0.2, 0.25) is 0 Å². The predicted molar refractivity (Wildman–Crippen MR) is 67.4 cm³/mol. The number of carboxylic acid groups (broad SMARTS) is 2. The molecule has 0 aliphatic rings. The quantitative estimate of drug-likeness (QED) is 0.757. The second-order valence-electron chi connectivity index (χ2n) is 3.74. The number of hydrogen-bond acceptors (Lipinski definition) is 3. The van der Waals surface area contributed by atoms with E-state index in [1.165, 1.54) is 0 Å². The maximum Gasteiger partial charge on any atom is 0.350 e. The Morgan fingerprint density at radius 1 is 1.17 bits per heavy atom. The molecule has 0 atom stereocenters. The number of nitrogens with zero attached hydrogens (tertiary/aromatic N) is 1. The van der Waals surface area contributed by atoms with Gasteiger partial charge in [0.1, 0.15) is 5.71 Å². The maximum absolute atomic E-state index is 11.0. The molecule has 0 saturated heterocycles. The molecule has 18 heavy (non-hydrogen) atoms. The number of aliphatic carboxylic acids is 2. The Balaban J connectivity index is 3.00. The van der Waals surface area contributed by atoms with Gasteiger partial charge in [-0.05, 0) is 18.1 Å². The zero-order valence-corrected chi connectivity index (χ0v) is 10.1. The van der Waals surface area contributed by atoms with Crippen LogP contribution in [0.1, 0.15) is 25.3 Å². The van der Waals surface area contributed by atoms with E-state index >= 15 is 0 Å². The molecule has 0 fully saturated rings. The molecule has 0 heterocycles. The van der Waals surface area contributed by atoms with E-state index in [9.17, 15) is 9.59 Å². The van der Waals surface area contributed by atoms with Crippen molar-refractivity contribution in [3.05, 3.63) is 29.8 Å². The van der Waals surface area contributed by atoms with Crippen LogP contribution in [-0.4, -0.2) is 27.9 Å². The van der Waals surface area contributed by atoms with Crippen molar-refractivity contribution in [3.63, 3.8) is 0 Å². The van der Waals surface area contributed by atoms with E-state index in [1.807, 2.05) is 19.1 Å².